The third-order valence-electron chi connectivity index (χ3n) is 3.15. The van der Waals surface area contributed by atoms with Crippen molar-refractivity contribution >= 4 is 38.9 Å². The van der Waals surface area contributed by atoms with E-state index in [0.29, 0.717) is 0 Å². The third-order valence-corrected chi connectivity index (χ3v) is 4.58. The van der Waals surface area contributed by atoms with E-state index in [-0.39, 0.29) is 11.9 Å². The number of amides is 1. The minimum atomic E-state index is -0.233. The Balaban J connectivity index is 1.67. The average Bonchev–Trinajstić information content (AvgIpc) is 2.98. The Morgan fingerprint density at radius 1 is 1.37 bits per heavy atom. The van der Waals surface area contributed by atoms with Gasteiger partial charge in [-0.1, -0.05) is 28.1 Å². The molecule has 1 amide bonds. The molecule has 0 radical (unpaired) electrons. The van der Waals surface area contributed by atoms with Crippen LogP contribution >= 0.6 is 27.3 Å². The normalized spacial score (nSPS) is 17.3. The number of hydrogen-bond donors (Lipinski definition) is 2. The maximum absolute atomic E-state index is 11.9. The van der Waals surface area contributed by atoms with Crippen LogP contribution in [0.25, 0.3) is 0 Å². The van der Waals surface area contributed by atoms with Gasteiger partial charge in [-0.05, 0) is 30.0 Å². The van der Waals surface area contributed by atoms with Crippen LogP contribution in [0.5, 0.6) is 0 Å². The molecule has 98 valence electrons. The maximum Gasteiger partial charge on any atom is 0.246 e. The Hall–Kier alpha value is -1.17. The van der Waals surface area contributed by atoms with Crippen LogP contribution in [-0.4, -0.2) is 12.5 Å². The van der Waals surface area contributed by atoms with Gasteiger partial charge in [-0.2, -0.15) is 0 Å². The Kier molecular flexibility index (Phi) is 3.68. The number of benzene rings is 1. The van der Waals surface area contributed by atoms with E-state index in [1.165, 1.54) is 4.88 Å². The second kappa shape index (κ2) is 5.45. The zero-order valence-electron chi connectivity index (χ0n) is 10.2. The van der Waals surface area contributed by atoms with E-state index < -0.39 is 0 Å². The molecular formula is C14H13BrN2OS. The highest BCUT2D eigenvalue weighted by Gasteiger charge is 2.29. The second-order valence-corrected chi connectivity index (χ2v) is 6.39. The number of halogens is 1. The Labute approximate surface area is 124 Å². The first-order chi connectivity index (χ1) is 9.24. The number of hydrogen-bond acceptors (Lipinski definition) is 3. The summed E-state index contributed by atoms with van der Waals surface area (Å²) in [4.78, 5) is 13.3. The van der Waals surface area contributed by atoms with Gasteiger partial charge < -0.3 is 10.6 Å². The van der Waals surface area contributed by atoms with Crippen LogP contribution in [0.3, 0.4) is 0 Å². The SMILES string of the molecule is O=C1Nc2cc(Br)ccc2C1NCCc1cccs1. The predicted octanol–water partition coefficient (Wildman–Crippen LogP) is 3.34. The minimum Gasteiger partial charge on any atom is -0.324 e. The van der Waals surface area contributed by atoms with E-state index in [1.54, 1.807) is 11.3 Å². The highest BCUT2D eigenvalue weighted by Crippen LogP contribution is 2.32. The van der Waals surface area contributed by atoms with Crippen LogP contribution in [0.15, 0.2) is 40.2 Å². The van der Waals surface area contributed by atoms with Crippen LogP contribution in [0.4, 0.5) is 5.69 Å². The van der Waals surface area contributed by atoms with Gasteiger partial charge in [-0.3, -0.25) is 4.79 Å². The monoisotopic (exact) mass is 336 g/mol. The molecule has 1 aliphatic rings. The van der Waals surface area contributed by atoms with Gasteiger partial charge in [0.2, 0.25) is 5.91 Å². The summed E-state index contributed by atoms with van der Waals surface area (Å²) >= 11 is 5.16. The first-order valence-corrected chi connectivity index (χ1v) is 7.77. The molecule has 3 nitrogen and oxygen atoms in total. The van der Waals surface area contributed by atoms with Crippen molar-refractivity contribution in [2.75, 3.05) is 11.9 Å². The van der Waals surface area contributed by atoms with Crippen molar-refractivity contribution in [3.8, 4) is 0 Å². The van der Waals surface area contributed by atoms with Gasteiger partial charge in [0.25, 0.3) is 0 Å². The standard InChI is InChI=1S/C14H13BrN2OS/c15-9-3-4-11-12(8-9)17-14(18)13(11)16-6-5-10-2-1-7-19-10/h1-4,7-8,13,16H,5-6H2,(H,17,18). The molecule has 1 aliphatic heterocycles. The Morgan fingerprint density at radius 3 is 3.05 bits per heavy atom. The number of carbonyl (C=O) groups excluding carboxylic acids is 1. The largest absolute Gasteiger partial charge is 0.324 e. The van der Waals surface area contributed by atoms with Gasteiger partial charge in [0, 0.05) is 27.1 Å². The maximum atomic E-state index is 11.9. The molecule has 0 spiro atoms. The highest BCUT2D eigenvalue weighted by molar-refractivity contribution is 9.10. The number of nitrogens with one attached hydrogen (secondary N) is 2. The second-order valence-electron chi connectivity index (χ2n) is 4.44. The third kappa shape index (κ3) is 2.73. The number of anilines is 1. The molecular weight excluding hydrogens is 324 g/mol. The van der Waals surface area contributed by atoms with E-state index >= 15 is 0 Å². The lowest BCUT2D eigenvalue weighted by atomic mass is 10.1. The van der Waals surface area contributed by atoms with E-state index in [9.17, 15) is 4.79 Å². The highest BCUT2D eigenvalue weighted by atomic mass is 79.9. The van der Waals surface area contributed by atoms with Gasteiger partial charge in [0.1, 0.15) is 6.04 Å². The van der Waals surface area contributed by atoms with Gasteiger partial charge >= 0.3 is 0 Å². The molecule has 1 atom stereocenters. The molecule has 2 heterocycles. The lowest BCUT2D eigenvalue weighted by Crippen LogP contribution is -2.29. The van der Waals surface area contributed by atoms with E-state index in [1.807, 2.05) is 18.2 Å². The van der Waals surface area contributed by atoms with Crippen LogP contribution < -0.4 is 10.6 Å². The van der Waals surface area contributed by atoms with Gasteiger partial charge in [0.15, 0.2) is 0 Å². The fraction of sp³-hybridized carbons (Fsp3) is 0.214. The number of fused-ring (bicyclic) bond motifs is 1. The molecule has 1 unspecified atom stereocenters. The molecule has 1 aromatic carbocycles. The van der Waals surface area contributed by atoms with Crippen molar-refractivity contribution < 1.29 is 4.79 Å². The summed E-state index contributed by atoms with van der Waals surface area (Å²) in [5.41, 5.74) is 1.92. The summed E-state index contributed by atoms with van der Waals surface area (Å²) in [6, 6.07) is 9.82. The van der Waals surface area contributed by atoms with Gasteiger partial charge in [-0.15, -0.1) is 11.3 Å². The Bertz CT molecular complexity index is 597. The summed E-state index contributed by atoms with van der Waals surface area (Å²) < 4.78 is 0.978. The van der Waals surface area contributed by atoms with Crippen LogP contribution in [0, 0.1) is 0 Å². The summed E-state index contributed by atoms with van der Waals surface area (Å²) in [7, 11) is 0. The molecule has 1 aromatic heterocycles. The molecule has 0 saturated carbocycles. The molecule has 0 bridgehead atoms. The van der Waals surface area contributed by atoms with Gasteiger partial charge in [0.05, 0.1) is 0 Å². The first kappa shape index (κ1) is 12.8. The van der Waals surface area contributed by atoms with E-state index in [4.69, 9.17) is 0 Å². The predicted molar refractivity (Wildman–Crippen MR) is 81.5 cm³/mol. The van der Waals surface area contributed by atoms with Crippen LogP contribution in [0.1, 0.15) is 16.5 Å². The van der Waals surface area contributed by atoms with Crippen LogP contribution in [-0.2, 0) is 11.2 Å². The minimum absolute atomic E-state index is 0.0271. The molecule has 0 fully saturated rings. The zero-order valence-corrected chi connectivity index (χ0v) is 12.6. The summed E-state index contributed by atoms with van der Waals surface area (Å²) in [5, 5.41) is 8.30. The zero-order chi connectivity index (χ0) is 13.2. The van der Waals surface area contributed by atoms with Crippen molar-refractivity contribution in [1.82, 2.24) is 5.32 Å². The molecule has 0 aliphatic carbocycles. The topological polar surface area (TPSA) is 41.1 Å². The molecule has 2 N–H and O–H groups in total. The van der Waals surface area contributed by atoms with Crippen molar-refractivity contribution in [2.45, 2.75) is 12.5 Å². The van der Waals surface area contributed by atoms with Gasteiger partial charge in [-0.25, -0.2) is 0 Å². The number of rotatable bonds is 4. The van der Waals surface area contributed by atoms with Crippen molar-refractivity contribution in [1.29, 1.82) is 0 Å². The van der Waals surface area contributed by atoms with E-state index in [0.717, 1.165) is 28.7 Å². The smallest absolute Gasteiger partial charge is 0.246 e. The average molecular weight is 337 g/mol. The number of thiophene rings is 1. The first-order valence-electron chi connectivity index (χ1n) is 6.10. The molecule has 0 saturated heterocycles. The number of carbonyl (C=O) groups is 1. The lowest BCUT2D eigenvalue weighted by molar-refractivity contribution is -0.117. The van der Waals surface area contributed by atoms with Crippen molar-refractivity contribution in [3.05, 3.63) is 50.6 Å². The Morgan fingerprint density at radius 2 is 2.26 bits per heavy atom. The summed E-state index contributed by atoms with van der Waals surface area (Å²) in [6.45, 7) is 0.800. The molecule has 2 aromatic rings. The van der Waals surface area contributed by atoms with Crippen molar-refractivity contribution in [2.24, 2.45) is 0 Å². The molecule has 3 rings (SSSR count). The van der Waals surface area contributed by atoms with Crippen molar-refractivity contribution in [3.63, 3.8) is 0 Å². The molecule has 5 heteroatoms. The quantitative estimate of drug-likeness (QED) is 0.899. The fourth-order valence-electron chi connectivity index (χ4n) is 2.23. The molecule has 19 heavy (non-hydrogen) atoms. The lowest BCUT2D eigenvalue weighted by Gasteiger charge is -2.10. The van der Waals surface area contributed by atoms with Crippen LogP contribution in [0.2, 0.25) is 0 Å². The summed E-state index contributed by atoms with van der Waals surface area (Å²) in [5.74, 6) is 0.0271. The summed E-state index contributed by atoms with van der Waals surface area (Å²) in [6.07, 6.45) is 0.952. The van der Waals surface area contributed by atoms with E-state index in [2.05, 4.69) is 44.1 Å². The fourth-order valence-corrected chi connectivity index (χ4v) is 3.30.